The molecule has 0 spiro atoms. The predicted molar refractivity (Wildman–Crippen MR) is 121 cm³/mol. The zero-order valence-electron chi connectivity index (χ0n) is 16.2. The number of nitrogens with one attached hydrogen (secondary N) is 1. The summed E-state index contributed by atoms with van der Waals surface area (Å²) in [5.41, 5.74) is 7.74. The van der Waals surface area contributed by atoms with Crippen LogP contribution in [0.15, 0.2) is 103 Å². The molecule has 0 aliphatic carbocycles. The number of benzene rings is 4. The van der Waals surface area contributed by atoms with Crippen LogP contribution in [0.2, 0.25) is 0 Å². The first-order valence-corrected chi connectivity index (χ1v) is 9.73. The summed E-state index contributed by atoms with van der Waals surface area (Å²) in [4.78, 5) is 4.83. The third kappa shape index (κ3) is 3.27. The van der Waals surface area contributed by atoms with E-state index in [0.717, 1.165) is 33.8 Å². The molecule has 0 atom stereocenters. The molecule has 0 radical (unpaired) electrons. The Hall–Kier alpha value is -3.85. The fourth-order valence-corrected chi connectivity index (χ4v) is 3.76. The summed E-state index contributed by atoms with van der Waals surface area (Å²) in [5.74, 6) is 0.964. The van der Waals surface area contributed by atoms with Crippen molar-refractivity contribution in [2.75, 3.05) is 5.32 Å². The Morgan fingerprint density at radius 2 is 1.41 bits per heavy atom. The molecule has 1 heterocycles. The maximum Gasteiger partial charge on any atom is 0.140 e. The maximum absolute atomic E-state index is 4.83. The number of para-hydroxylation sites is 3. The van der Waals surface area contributed by atoms with Crippen LogP contribution < -0.4 is 5.32 Å². The highest BCUT2D eigenvalue weighted by Crippen LogP contribution is 2.32. The topological polar surface area (TPSA) is 29.9 Å². The average Bonchev–Trinajstić information content (AvgIpc) is 3.12. The first kappa shape index (κ1) is 17.3. The second-order valence-electron chi connectivity index (χ2n) is 7.10. The molecular weight excluding hydrogens is 354 g/mol. The highest BCUT2D eigenvalue weighted by molar-refractivity contribution is 5.83. The molecule has 3 heteroatoms. The van der Waals surface area contributed by atoms with E-state index < -0.39 is 0 Å². The van der Waals surface area contributed by atoms with Gasteiger partial charge in [0.05, 0.1) is 11.0 Å². The summed E-state index contributed by atoms with van der Waals surface area (Å²) < 4.78 is 2.15. The smallest absolute Gasteiger partial charge is 0.140 e. The number of aryl methyl sites for hydroxylation is 1. The van der Waals surface area contributed by atoms with Crippen molar-refractivity contribution in [1.82, 2.24) is 9.55 Å². The van der Waals surface area contributed by atoms with Crippen molar-refractivity contribution in [2.24, 2.45) is 7.05 Å². The lowest BCUT2D eigenvalue weighted by atomic mass is 10.0. The molecule has 5 aromatic rings. The lowest BCUT2D eigenvalue weighted by Crippen LogP contribution is -1.96. The summed E-state index contributed by atoms with van der Waals surface area (Å²) in [6, 6.07) is 35.5. The second kappa shape index (κ2) is 7.28. The largest absolute Gasteiger partial charge is 0.355 e. The SMILES string of the molecule is Cn1c(-c2cccc(Nc3ccccc3-c3ccccc3)c2)nc2ccccc21. The van der Waals surface area contributed by atoms with Crippen LogP contribution in [0, 0.1) is 0 Å². The van der Waals surface area contributed by atoms with Crippen LogP contribution in [0.5, 0.6) is 0 Å². The number of anilines is 2. The van der Waals surface area contributed by atoms with Gasteiger partial charge in [0.15, 0.2) is 0 Å². The van der Waals surface area contributed by atoms with Crippen LogP contribution in [0.4, 0.5) is 11.4 Å². The number of nitrogens with zero attached hydrogens (tertiary/aromatic N) is 2. The van der Waals surface area contributed by atoms with E-state index in [2.05, 4.69) is 102 Å². The number of aromatic nitrogens is 2. The Labute approximate surface area is 170 Å². The standard InChI is InChI=1S/C26H21N3/c1-29-25-17-8-7-16-24(25)28-26(29)20-12-9-13-21(18-20)27-23-15-6-5-14-22(23)19-10-3-2-4-11-19/h2-18,27H,1H3. The van der Waals surface area contributed by atoms with E-state index in [9.17, 15) is 0 Å². The van der Waals surface area contributed by atoms with Gasteiger partial charge in [-0.25, -0.2) is 4.98 Å². The van der Waals surface area contributed by atoms with E-state index in [-0.39, 0.29) is 0 Å². The summed E-state index contributed by atoms with van der Waals surface area (Å²) in [6.45, 7) is 0. The van der Waals surface area contributed by atoms with E-state index in [0.29, 0.717) is 0 Å². The molecule has 0 amide bonds. The molecule has 140 valence electrons. The van der Waals surface area contributed by atoms with Gasteiger partial charge in [-0.05, 0) is 35.9 Å². The van der Waals surface area contributed by atoms with Gasteiger partial charge in [0, 0.05) is 29.5 Å². The van der Waals surface area contributed by atoms with Crippen molar-refractivity contribution in [2.45, 2.75) is 0 Å². The van der Waals surface area contributed by atoms with Gasteiger partial charge < -0.3 is 9.88 Å². The Morgan fingerprint density at radius 3 is 2.28 bits per heavy atom. The number of hydrogen-bond donors (Lipinski definition) is 1. The Morgan fingerprint density at radius 1 is 0.690 bits per heavy atom. The fourth-order valence-electron chi connectivity index (χ4n) is 3.76. The normalized spacial score (nSPS) is 10.9. The Bertz CT molecular complexity index is 1290. The minimum Gasteiger partial charge on any atom is -0.355 e. The molecule has 4 aromatic carbocycles. The van der Waals surface area contributed by atoms with Crippen molar-refractivity contribution < 1.29 is 0 Å². The molecule has 3 nitrogen and oxygen atoms in total. The third-order valence-corrected chi connectivity index (χ3v) is 5.20. The molecule has 0 bridgehead atoms. The third-order valence-electron chi connectivity index (χ3n) is 5.20. The van der Waals surface area contributed by atoms with Crippen LogP contribution >= 0.6 is 0 Å². The van der Waals surface area contributed by atoms with Gasteiger partial charge in [0.2, 0.25) is 0 Å². The van der Waals surface area contributed by atoms with Gasteiger partial charge in [-0.15, -0.1) is 0 Å². The number of imidazole rings is 1. The van der Waals surface area contributed by atoms with Gasteiger partial charge in [0.1, 0.15) is 5.82 Å². The van der Waals surface area contributed by atoms with Crippen molar-refractivity contribution >= 4 is 22.4 Å². The van der Waals surface area contributed by atoms with Crippen LogP contribution in [-0.2, 0) is 7.05 Å². The van der Waals surface area contributed by atoms with Crippen LogP contribution in [0.1, 0.15) is 0 Å². The number of hydrogen-bond acceptors (Lipinski definition) is 2. The van der Waals surface area contributed by atoms with Crippen molar-refractivity contribution in [3.05, 3.63) is 103 Å². The molecule has 1 aromatic heterocycles. The molecule has 0 fully saturated rings. The van der Waals surface area contributed by atoms with Gasteiger partial charge in [-0.3, -0.25) is 0 Å². The molecule has 5 rings (SSSR count). The molecule has 0 aliphatic rings. The van der Waals surface area contributed by atoms with Crippen molar-refractivity contribution in [3.8, 4) is 22.5 Å². The lowest BCUT2D eigenvalue weighted by molar-refractivity contribution is 0.959. The van der Waals surface area contributed by atoms with Crippen LogP contribution in [-0.4, -0.2) is 9.55 Å². The van der Waals surface area contributed by atoms with Gasteiger partial charge >= 0.3 is 0 Å². The molecule has 0 aliphatic heterocycles. The molecule has 29 heavy (non-hydrogen) atoms. The van der Waals surface area contributed by atoms with E-state index in [1.807, 2.05) is 18.2 Å². The predicted octanol–water partition coefficient (Wildman–Crippen LogP) is 6.65. The molecule has 0 saturated carbocycles. The Kier molecular flexibility index (Phi) is 4.34. The fraction of sp³-hybridized carbons (Fsp3) is 0.0385. The summed E-state index contributed by atoms with van der Waals surface area (Å²) in [5, 5.41) is 3.60. The highest BCUT2D eigenvalue weighted by Gasteiger charge is 2.10. The summed E-state index contributed by atoms with van der Waals surface area (Å²) >= 11 is 0. The minimum absolute atomic E-state index is 0.964. The van der Waals surface area contributed by atoms with Gasteiger partial charge in [-0.2, -0.15) is 0 Å². The molecule has 0 saturated heterocycles. The van der Waals surface area contributed by atoms with Gasteiger partial charge in [-0.1, -0.05) is 72.8 Å². The number of rotatable bonds is 4. The first-order valence-electron chi connectivity index (χ1n) is 9.73. The monoisotopic (exact) mass is 375 g/mol. The maximum atomic E-state index is 4.83. The van der Waals surface area contributed by atoms with E-state index >= 15 is 0 Å². The van der Waals surface area contributed by atoms with E-state index in [1.165, 1.54) is 11.1 Å². The zero-order chi connectivity index (χ0) is 19.6. The highest BCUT2D eigenvalue weighted by atomic mass is 15.1. The first-order chi connectivity index (χ1) is 14.3. The second-order valence-corrected chi connectivity index (χ2v) is 7.10. The molecule has 0 unspecified atom stereocenters. The van der Waals surface area contributed by atoms with Crippen molar-refractivity contribution in [1.29, 1.82) is 0 Å². The van der Waals surface area contributed by atoms with Crippen LogP contribution in [0.25, 0.3) is 33.5 Å². The van der Waals surface area contributed by atoms with Crippen molar-refractivity contribution in [3.63, 3.8) is 0 Å². The minimum atomic E-state index is 0.964. The quantitative estimate of drug-likeness (QED) is 0.381. The zero-order valence-corrected chi connectivity index (χ0v) is 16.2. The van der Waals surface area contributed by atoms with E-state index in [1.54, 1.807) is 0 Å². The number of fused-ring (bicyclic) bond motifs is 1. The lowest BCUT2D eigenvalue weighted by Gasteiger charge is -2.13. The van der Waals surface area contributed by atoms with Gasteiger partial charge in [0.25, 0.3) is 0 Å². The summed E-state index contributed by atoms with van der Waals surface area (Å²) in [7, 11) is 2.06. The average molecular weight is 375 g/mol. The van der Waals surface area contributed by atoms with E-state index in [4.69, 9.17) is 4.98 Å². The van der Waals surface area contributed by atoms with Crippen LogP contribution in [0.3, 0.4) is 0 Å². The molecule has 1 N–H and O–H groups in total. The summed E-state index contributed by atoms with van der Waals surface area (Å²) in [6.07, 6.45) is 0. The molecular formula is C26H21N3. The Balaban J connectivity index is 1.53.